The van der Waals surface area contributed by atoms with Crippen molar-refractivity contribution in [2.24, 2.45) is 0 Å². The average Bonchev–Trinajstić information content (AvgIpc) is 2.94. The van der Waals surface area contributed by atoms with Crippen molar-refractivity contribution in [3.05, 3.63) is 71.4 Å². The van der Waals surface area contributed by atoms with Gasteiger partial charge in [0.05, 0.1) is 11.3 Å². The summed E-state index contributed by atoms with van der Waals surface area (Å²) >= 11 is 0. The minimum absolute atomic E-state index is 0.599. The van der Waals surface area contributed by atoms with Crippen LogP contribution < -0.4 is 0 Å². The van der Waals surface area contributed by atoms with Gasteiger partial charge in [0, 0.05) is 11.8 Å². The van der Waals surface area contributed by atoms with Crippen LogP contribution >= 0.6 is 0 Å². The van der Waals surface area contributed by atoms with Crippen LogP contribution in [0.3, 0.4) is 0 Å². The average molecular weight is 276 g/mol. The van der Waals surface area contributed by atoms with Crippen molar-refractivity contribution < 1.29 is 4.79 Å². The van der Waals surface area contributed by atoms with Crippen molar-refractivity contribution in [3.8, 4) is 16.9 Å². The smallest absolute Gasteiger partial charge is 0.153 e. The van der Waals surface area contributed by atoms with Crippen LogP contribution in [-0.2, 0) is 0 Å². The lowest BCUT2D eigenvalue weighted by molar-refractivity contribution is 0.112. The Hall–Kier alpha value is -2.68. The maximum atomic E-state index is 11.3. The summed E-state index contributed by atoms with van der Waals surface area (Å²) in [4.78, 5) is 11.3. The molecular formula is C18H16N2O. The molecule has 1 aromatic heterocycles. The minimum Gasteiger partial charge on any atom is -0.298 e. The molecule has 104 valence electrons. The lowest BCUT2D eigenvalue weighted by Gasteiger charge is -2.06. The Morgan fingerprint density at radius 1 is 1.05 bits per heavy atom. The number of aryl methyl sites for hydroxylation is 2. The molecular weight excluding hydrogens is 260 g/mol. The highest BCUT2D eigenvalue weighted by Gasteiger charge is 2.12. The second-order valence-electron chi connectivity index (χ2n) is 5.15. The van der Waals surface area contributed by atoms with Crippen LogP contribution in [0.4, 0.5) is 0 Å². The zero-order valence-corrected chi connectivity index (χ0v) is 12.1. The topological polar surface area (TPSA) is 34.9 Å². The van der Waals surface area contributed by atoms with E-state index in [0.717, 1.165) is 23.1 Å². The third-order valence-corrected chi connectivity index (χ3v) is 3.53. The van der Waals surface area contributed by atoms with Crippen LogP contribution in [0.5, 0.6) is 0 Å². The molecule has 0 aliphatic heterocycles. The Morgan fingerprint density at radius 2 is 1.81 bits per heavy atom. The first-order valence-corrected chi connectivity index (χ1v) is 6.87. The normalized spacial score (nSPS) is 10.6. The molecule has 0 amide bonds. The summed E-state index contributed by atoms with van der Waals surface area (Å²) in [6.45, 7) is 4.09. The highest BCUT2D eigenvalue weighted by atomic mass is 16.1. The zero-order valence-electron chi connectivity index (χ0n) is 12.1. The molecule has 0 saturated heterocycles. The molecule has 0 saturated carbocycles. The molecule has 21 heavy (non-hydrogen) atoms. The van der Waals surface area contributed by atoms with Gasteiger partial charge in [-0.3, -0.25) is 4.79 Å². The van der Waals surface area contributed by atoms with Crippen LogP contribution in [0.2, 0.25) is 0 Å². The summed E-state index contributed by atoms with van der Waals surface area (Å²) in [6, 6.07) is 16.0. The second kappa shape index (κ2) is 5.37. The quantitative estimate of drug-likeness (QED) is 0.678. The minimum atomic E-state index is 0.599. The molecule has 0 bridgehead atoms. The molecule has 3 aromatic rings. The molecule has 0 aliphatic carbocycles. The van der Waals surface area contributed by atoms with Crippen molar-refractivity contribution >= 4 is 6.29 Å². The molecule has 0 fully saturated rings. The molecule has 3 nitrogen and oxygen atoms in total. The largest absolute Gasteiger partial charge is 0.298 e. The van der Waals surface area contributed by atoms with Crippen molar-refractivity contribution in [1.29, 1.82) is 0 Å². The highest BCUT2D eigenvalue weighted by Crippen LogP contribution is 2.23. The van der Waals surface area contributed by atoms with Crippen LogP contribution in [0.15, 0.2) is 54.7 Å². The molecule has 0 unspecified atom stereocenters. The standard InChI is InChI=1S/C18H16N2O/c1-13-8-9-14(2)17(10-13)20-11-16(12-21)18(19-20)15-6-4-3-5-7-15/h3-12H,1-2H3. The van der Waals surface area contributed by atoms with E-state index in [9.17, 15) is 4.79 Å². The maximum Gasteiger partial charge on any atom is 0.153 e. The Kier molecular flexibility index (Phi) is 3.40. The molecule has 0 aliphatic rings. The van der Waals surface area contributed by atoms with Gasteiger partial charge in [0.2, 0.25) is 0 Å². The van der Waals surface area contributed by atoms with Gasteiger partial charge >= 0.3 is 0 Å². The Bertz CT molecular complexity index is 788. The fourth-order valence-electron chi connectivity index (χ4n) is 2.38. The van der Waals surface area contributed by atoms with E-state index in [1.807, 2.05) is 44.2 Å². The summed E-state index contributed by atoms with van der Waals surface area (Å²) in [5.41, 5.74) is 5.55. The summed E-state index contributed by atoms with van der Waals surface area (Å²) in [7, 11) is 0. The van der Waals surface area contributed by atoms with E-state index in [1.165, 1.54) is 5.56 Å². The van der Waals surface area contributed by atoms with Gasteiger partial charge < -0.3 is 0 Å². The lowest BCUT2D eigenvalue weighted by Crippen LogP contribution is -1.98. The van der Waals surface area contributed by atoms with Crippen molar-refractivity contribution in [1.82, 2.24) is 9.78 Å². The fraction of sp³-hybridized carbons (Fsp3) is 0.111. The first-order chi connectivity index (χ1) is 10.2. The number of hydrogen-bond donors (Lipinski definition) is 0. The second-order valence-corrected chi connectivity index (χ2v) is 5.15. The maximum absolute atomic E-state index is 11.3. The highest BCUT2D eigenvalue weighted by molar-refractivity contribution is 5.85. The van der Waals surface area contributed by atoms with Crippen molar-refractivity contribution in [3.63, 3.8) is 0 Å². The number of hydrogen-bond acceptors (Lipinski definition) is 2. The third-order valence-electron chi connectivity index (χ3n) is 3.53. The molecule has 0 spiro atoms. The van der Waals surface area contributed by atoms with E-state index in [-0.39, 0.29) is 0 Å². The van der Waals surface area contributed by atoms with E-state index in [0.29, 0.717) is 11.3 Å². The van der Waals surface area contributed by atoms with Crippen LogP contribution in [0.25, 0.3) is 16.9 Å². The molecule has 3 rings (SSSR count). The van der Waals surface area contributed by atoms with E-state index in [2.05, 4.69) is 23.3 Å². The van der Waals surface area contributed by atoms with E-state index in [4.69, 9.17) is 0 Å². The van der Waals surface area contributed by atoms with Gasteiger partial charge in [-0.1, -0.05) is 42.5 Å². The Morgan fingerprint density at radius 3 is 2.52 bits per heavy atom. The molecule has 2 aromatic carbocycles. The van der Waals surface area contributed by atoms with E-state index < -0.39 is 0 Å². The zero-order chi connectivity index (χ0) is 14.8. The third kappa shape index (κ3) is 2.50. The monoisotopic (exact) mass is 276 g/mol. The summed E-state index contributed by atoms with van der Waals surface area (Å²) < 4.78 is 1.79. The molecule has 3 heteroatoms. The van der Waals surface area contributed by atoms with Gasteiger partial charge in [-0.05, 0) is 31.0 Å². The van der Waals surface area contributed by atoms with Crippen LogP contribution in [0, 0.1) is 13.8 Å². The number of aldehydes is 1. The number of aromatic nitrogens is 2. The van der Waals surface area contributed by atoms with Crippen LogP contribution in [-0.4, -0.2) is 16.1 Å². The first-order valence-electron chi connectivity index (χ1n) is 6.87. The summed E-state index contributed by atoms with van der Waals surface area (Å²) in [5, 5.41) is 4.61. The Balaban J connectivity index is 2.16. The van der Waals surface area contributed by atoms with Gasteiger partial charge in [-0.2, -0.15) is 5.10 Å². The van der Waals surface area contributed by atoms with Gasteiger partial charge in [-0.25, -0.2) is 4.68 Å². The van der Waals surface area contributed by atoms with Crippen molar-refractivity contribution in [2.45, 2.75) is 13.8 Å². The predicted octanol–water partition coefficient (Wildman–Crippen LogP) is 3.97. The summed E-state index contributed by atoms with van der Waals surface area (Å²) in [6.07, 6.45) is 2.65. The van der Waals surface area contributed by atoms with Gasteiger partial charge in [0.25, 0.3) is 0 Å². The number of carbonyl (C=O) groups is 1. The van der Waals surface area contributed by atoms with E-state index in [1.54, 1.807) is 10.9 Å². The molecule has 0 radical (unpaired) electrons. The van der Waals surface area contributed by atoms with Crippen molar-refractivity contribution in [2.75, 3.05) is 0 Å². The lowest BCUT2D eigenvalue weighted by atomic mass is 10.1. The molecule has 1 heterocycles. The number of rotatable bonds is 3. The number of nitrogens with zero attached hydrogens (tertiary/aromatic N) is 2. The number of carbonyl (C=O) groups excluding carboxylic acids is 1. The fourth-order valence-corrected chi connectivity index (χ4v) is 2.38. The summed E-state index contributed by atoms with van der Waals surface area (Å²) in [5.74, 6) is 0. The first kappa shape index (κ1) is 13.3. The van der Waals surface area contributed by atoms with Crippen LogP contribution in [0.1, 0.15) is 21.5 Å². The number of benzene rings is 2. The van der Waals surface area contributed by atoms with Gasteiger partial charge in [0.15, 0.2) is 6.29 Å². The van der Waals surface area contributed by atoms with E-state index >= 15 is 0 Å². The van der Waals surface area contributed by atoms with Gasteiger partial charge in [0.1, 0.15) is 5.69 Å². The molecule has 0 N–H and O–H groups in total. The predicted molar refractivity (Wildman–Crippen MR) is 83.9 cm³/mol. The van der Waals surface area contributed by atoms with Gasteiger partial charge in [-0.15, -0.1) is 0 Å². The Labute approximate surface area is 123 Å². The molecule has 0 atom stereocenters. The SMILES string of the molecule is Cc1ccc(C)c(-n2cc(C=O)c(-c3ccccc3)n2)c1.